The maximum Gasteiger partial charge on any atom is 0.343 e. The Labute approximate surface area is 282 Å². The van der Waals surface area contributed by atoms with Gasteiger partial charge in [0.15, 0.2) is 0 Å². The number of benzene rings is 2. The molecule has 0 unspecified atom stereocenters. The van der Waals surface area contributed by atoms with Gasteiger partial charge in [0.05, 0.1) is 50.3 Å². The number of aromatic nitrogens is 2. The van der Waals surface area contributed by atoms with Gasteiger partial charge in [-0.25, -0.2) is 4.98 Å². The summed E-state index contributed by atoms with van der Waals surface area (Å²) in [4.78, 5) is 29.7. The first-order valence-corrected chi connectivity index (χ1v) is 15.9. The molecule has 6 rings (SSSR count). The second-order valence-corrected chi connectivity index (χ2v) is 11.2. The summed E-state index contributed by atoms with van der Waals surface area (Å²) in [5.41, 5.74) is 9.76. The van der Waals surface area contributed by atoms with E-state index in [0.717, 1.165) is 79.2 Å². The van der Waals surface area contributed by atoms with Crippen LogP contribution < -0.4 is 61.4 Å². The molecule has 10 nitrogen and oxygen atoms in total. The molecule has 2 aliphatic heterocycles. The van der Waals surface area contributed by atoms with Crippen LogP contribution in [0.1, 0.15) is 64.6 Å². The van der Waals surface area contributed by atoms with Gasteiger partial charge < -0.3 is 30.1 Å². The number of fused-ring (bicyclic) bond motifs is 3. The number of nitrogens with one attached hydrogen (secondary N) is 7. The zero-order valence-corrected chi connectivity index (χ0v) is 28.2. The normalized spacial score (nSPS) is 13.6. The highest BCUT2D eigenvalue weighted by Gasteiger charge is 2.25. The molecule has 4 aromatic rings. The third kappa shape index (κ3) is 7.13. The smallest absolute Gasteiger partial charge is 0.343 e. The predicted octanol–water partition coefficient (Wildman–Crippen LogP) is -6.33. The number of pyridine rings is 2. The zero-order valence-electron chi connectivity index (χ0n) is 26.7. The minimum Gasteiger partial charge on any atom is -1.00 e. The second-order valence-electron chi connectivity index (χ2n) is 11.2. The van der Waals surface area contributed by atoms with E-state index in [1.807, 2.05) is 30.3 Å². The minimum absolute atomic E-state index is 0. The van der Waals surface area contributed by atoms with Crippen LogP contribution in [-0.2, 0) is 38.9 Å². The van der Waals surface area contributed by atoms with E-state index in [2.05, 4.69) is 62.3 Å². The topological polar surface area (TPSA) is 131 Å². The molecular weight excluding hydrogens is 621 g/mol. The Balaban J connectivity index is 0.00000240. The predicted molar refractivity (Wildman–Crippen MR) is 174 cm³/mol. The first-order chi connectivity index (χ1) is 21.6. The fourth-order valence-corrected chi connectivity index (χ4v) is 6.60. The van der Waals surface area contributed by atoms with Crippen LogP contribution in [0.3, 0.4) is 0 Å². The van der Waals surface area contributed by atoms with Crippen molar-refractivity contribution >= 4 is 39.6 Å². The molecular formula is C34H43Cl2N9O. The summed E-state index contributed by atoms with van der Waals surface area (Å²) < 4.78 is 0. The Morgan fingerprint density at radius 1 is 0.717 bits per heavy atom. The van der Waals surface area contributed by atoms with E-state index in [0.29, 0.717) is 25.3 Å². The van der Waals surface area contributed by atoms with Gasteiger partial charge >= 0.3 is 11.9 Å². The van der Waals surface area contributed by atoms with E-state index in [-0.39, 0.29) is 30.7 Å². The van der Waals surface area contributed by atoms with Crippen LogP contribution in [0.25, 0.3) is 21.8 Å². The summed E-state index contributed by atoms with van der Waals surface area (Å²) in [5, 5.41) is 19.2. The van der Waals surface area contributed by atoms with Crippen molar-refractivity contribution in [3.05, 3.63) is 81.7 Å². The van der Waals surface area contributed by atoms with Crippen molar-refractivity contribution in [1.29, 1.82) is 0 Å². The first kappa shape index (κ1) is 34.7. The molecule has 0 saturated heterocycles. The average molecular weight is 665 g/mol. The Morgan fingerprint density at radius 3 is 1.76 bits per heavy atom. The molecule has 244 valence electrons. The standard InChI is InChI=1S/C34H41N9O.2ClH/c1-4-23-26(18-40-32(44)29-12-11-22-10-9-21-8-7-13-35-30(21)31(22)43-29)24(5-2)28(20-42-34-38-16-17-39-34)25(6-3)27(23)19-41-33-36-14-15-37-33;;/h7-13H,4-6,14-20H2,1-3H3,(H,40,44)(H2,36,37,41)(H2,38,39,42);2*1H. The van der Waals surface area contributed by atoms with Gasteiger partial charge in [0.2, 0.25) is 0 Å². The molecule has 7 N–H and O–H groups in total. The first-order valence-electron chi connectivity index (χ1n) is 15.9. The zero-order chi connectivity index (χ0) is 30.5. The highest BCUT2D eigenvalue weighted by atomic mass is 35.5. The molecule has 2 aromatic heterocycles. The number of carbonyl (C=O) groups is 1. The summed E-state index contributed by atoms with van der Waals surface area (Å²) in [6, 6.07) is 11.8. The van der Waals surface area contributed by atoms with Gasteiger partial charge in [0.25, 0.3) is 5.91 Å². The van der Waals surface area contributed by atoms with Crippen LogP contribution in [0, 0.1) is 0 Å². The largest absolute Gasteiger partial charge is 1.00 e. The maximum absolute atomic E-state index is 13.6. The molecule has 0 radical (unpaired) electrons. The quantitative estimate of drug-likeness (QED) is 0.0841. The molecule has 0 aliphatic carbocycles. The Morgan fingerprint density at radius 2 is 1.24 bits per heavy atom. The lowest BCUT2D eigenvalue weighted by molar-refractivity contribution is -0.447. The van der Waals surface area contributed by atoms with Gasteiger partial charge in [-0.3, -0.25) is 41.0 Å². The Bertz CT molecular complexity index is 1720. The lowest BCUT2D eigenvalue weighted by Gasteiger charge is -2.25. The summed E-state index contributed by atoms with van der Waals surface area (Å²) in [6.45, 7) is 12.2. The molecule has 0 atom stereocenters. The van der Waals surface area contributed by atoms with E-state index in [1.54, 1.807) is 12.3 Å². The molecule has 0 spiro atoms. The number of halogens is 2. The van der Waals surface area contributed by atoms with Crippen molar-refractivity contribution in [3.8, 4) is 0 Å². The van der Waals surface area contributed by atoms with Crippen molar-refractivity contribution < 1.29 is 39.6 Å². The summed E-state index contributed by atoms with van der Waals surface area (Å²) in [6.07, 6.45) is 4.44. The van der Waals surface area contributed by atoms with E-state index < -0.39 is 0 Å². The summed E-state index contributed by atoms with van der Waals surface area (Å²) >= 11 is 0. The maximum atomic E-state index is 13.6. The molecule has 2 aliphatic rings. The van der Waals surface area contributed by atoms with Gasteiger partial charge in [-0.15, -0.1) is 0 Å². The third-order valence-electron chi connectivity index (χ3n) is 8.68. The van der Waals surface area contributed by atoms with Crippen molar-refractivity contribution in [3.63, 3.8) is 0 Å². The van der Waals surface area contributed by atoms with E-state index in [4.69, 9.17) is 4.98 Å². The van der Waals surface area contributed by atoms with Crippen molar-refractivity contribution in [2.24, 2.45) is 0 Å². The van der Waals surface area contributed by atoms with Crippen LogP contribution >= 0.6 is 0 Å². The fourth-order valence-electron chi connectivity index (χ4n) is 6.60. The number of hydrogen-bond donors (Lipinski definition) is 7. The molecule has 0 saturated carbocycles. The van der Waals surface area contributed by atoms with Crippen LogP contribution in [-0.4, -0.2) is 54.0 Å². The Hall–Kier alpha value is -4.15. The van der Waals surface area contributed by atoms with Gasteiger partial charge in [-0.2, -0.15) is 0 Å². The molecule has 0 bridgehead atoms. The van der Waals surface area contributed by atoms with Crippen LogP contribution in [0.15, 0.2) is 42.6 Å². The van der Waals surface area contributed by atoms with Gasteiger partial charge in [-0.1, -0.05) is 45.0 Å². The number of guanidine groups is 2. The van der Waals surface area contributed by atoms with Crippen LogP contribution in [0.2, 0.25) is 0 Å². The molecule has 46 heavy (non-hydrogen) atoms. The SMILES string of the molecule is CCc1c(CNC(=O)c2ccc3ccc4cccnc4c3n2)c(CC)c(CNC2=[NH+]CCN2)c(CC)c1CNC1=[NH+]CCN1.[Cl-].[Cl-]. The van der Waals surface area contributed by atoms with Gasteiger partial charge in [-0.05, 0) is 64.8 Å². The van der Waals surface area contributed by atoms with E-state index in [1.165, 1.54) is 33.4 Å². The molecule has 0 fully saturated rings. The molecule has 4 heterocycles. The molecule has 2 aromatic carbocycles. The summed E-state index contributed by atoms with van der Waals surface area (Å²) in [7, 11) is 0. The summed E-state index contributed by atoms with van der Waals surface area (Å²) in [5.74, 6) is 1.76. The second kappa shape index (κ2) is 15.9. The van der Waals surface area contributed by atoms with Crippen molar-refractivity contribution in [1.82, 2.24) is 36.6 Å². The van der Waals surface area contributed by atoms with Gasteiger partial charge in [0, 0.05) is 23.5 Å². The number of rotatable bonds is 10. The van der Waals surface area contributed by atoms with E-state index in [9.17, 15) is 4.79 Å². The number of nitrogens with zero attached hydrogens (tertiary/aromatic N) is 2. The van der Waals surface area contributed by atoms with E-state index >= 15 is 0 Å². The number of hydrogen-bond acceptors (Lipinski definition) is 7. The minimum atomic E-state index is -0.187. The lowest BCUT2D eigenvalue weighted by Crippen LogP contribution is -3.00. The van der Waals surface area contributed by atoms with Crippen molar-refractivity contribution in [2.75, 3.05) is 26.2 Å². The highest BCUT2D eigenvalue weighted by molar-refractivity contribution is 6.04. The average Bonchev–Trinajstić information content (AvgIpc) is 3.79. The Kier molecular flexibility index (Phi) is 12.0. The molecule has 12 heteroatoms. The van der Waals surface area contributed by atoms with Crippen molar-refractivity contribution in [2.45, 2.75) is 59.7 Å². The number of amides is 1. The van der Waals surface area contributed by atoms with Crippen LogP contribution in [0.5, 0.6) is 0 Å². The van der Waals surface area contributed by atoms with Gasteiger partial charge in [0.1, 0.15) is 5.69 Å². The lowest BCUT2D eigenvalue weighted by atomic mass is 9.83. The number of carbonyl (C=O) groups excluding carboxylic acids is 1. The third-order valence-corrected chi connectivity index (χ3v) is 8.68. The molecule has 1 amide bonds. The van der Waals surface area contributed by atoms with Crippen LogP contribution in [0.4, 0.5) is 0 Å². The monoisotopic (exact) mass is 663 g/mol. The fraction of sp³-hybridized carbons (Fsp3) is 0.382. The highest BCUT2D eigenvalue weighted by Crippen LogP contribution is 2.31.